The molecule has 2 nitrogen and oxygen atoms in total. The molecule has 0 bridgehead atoms. The van der Waals surface area contributed by atoms with Crippen molar-refractivity contribution in [3.05, 3.63) is 59.4 Å². The summed E-state index contributed by atoms with van der Waals surface area (Å²) >= 11 is 0. The molecule has 0 radical (unpaired) electrons. The molecule has 2 aromatic rings. The molecule has 1 fully saturated rings. The summed E-state index contributed by atoms with van der Waals surface area (Å²) < 4.78 is 21.2. The molecule has 2 unspecified atom stereocenters. The van der Waals surface area contributed by atoms with Gasteiger partial charge in [0, 0.05) is 24.6 Å². The Kier molecular flexibility index (Phi) is 6.44. The van der Waals surface area contributed by atoms with Gasteiger partial charge in [-0.05, 0) is 57.0 Å². The Balaban J connectivity index is 2.04. The Hall–Kier alpha value is -1.71. The second-order valence-corrected chi connectivity index (χ2v) is 7.53. The van der Waals surface area contributed by atoms with Gasteiger partial charge in [-0.1, -0.05) is 48.9 Å². The lowest BCUT2D eigenvalue weighted by molar-refractivity contribution is -0.0117. The highest BCUT2D eigenvalue weighted by molar-refractivity contribution is 5.69. The molecular formula is C23H30FNO. The maximum atomic E-state index is 14.9. The first-order valence-corrected chi connectivity index (χ1v) is 9.75. The zero-order chi connectivity index (χ0) is 18.5. The minimum atomic E-state index is -0.164. The van der Waals surface area contributed by atoms with Gasteiger partial charge in [0.1, 0.15) is 5.82 Å². The van der Waals surface area contributed by atoms with Crippen LogP contribution >= 0.6 is 0 Å². The summed E-state index contributed by atoms with van der Waals surface area (Å²) in [5.41, 5.74) is 3.77. The average Bonchev–Trinajstić information content (AvgIpc) is 2.62. The molecule has 0 N–H and O–H groups in total. The standard InChI is InChI=1S/C23H30FNO/c1-4-14-26-23(19-10-7-13-25(3)16-19)20-11-6-12-21(24)22(20)18-9-5-8-17(2)15-18/h5-6,8-9,11-12,15,19,23H,4,7,10,13-14,16H2,1-3H3. The third-order valence-electron chi connectivity index (χ3n) is 5.25. The topological polar surface area (TPSA) is 12.5 Å². The van der Waals surface area contributed by atoms with E-state index in [0.29, 0.717) is 18.1 Å². The van der Waals surface area contributed by atoms with E-state index < -0.39 is 0 Å². The summed E-state index contributed by atoms with van der Waals surface area (Å²) in [7, 11) is 2.16. The molecule has 1 heterocycles. The Bertz CT molecular complexity index is 730. The van der Waals surface area contributed by atoms with Gasteiger partial charge in [-0.15, -0.1) is 0 Å². The summed E-state index contributed by atoms with van der Waals surface area (Å²) in [6.07, 6.45) is 3.20. The van der Waals surface area contributed by atoms with Crippen molar-refractivity contribution in [2.45, 2.75) is 39.2 Å². The predicted molar refractivity (Wildman–Crippen MR) is 106 cm³/mol. The number of ether oxygens (including phenoxy) is 1. The van der Waals surface area contributed by atoms with E-state index in [1.807, 2.05) is 31.2 Å². The lowest BCUT2D eigenvalue weighted by Gasteiger charge is -2.36. The van der Waals surface area contributed by atoms with Crippen LogP contribution in [-0.2, 0) is 4.74 Å². The van der Waals surface area contributed by atoms with E-state index in [9.17, 15) is 4.39 Å². The van der Waals surface area contributed by atoms with Gasteiger partial charge in [0.05, 0.1) is 6.10 Å². The van der Waals surface area contributed by atoms with E-state index in [1.165, 1.54) is 6.42 Å². The largest absolute Gasteiger partial charge is 0.373 e. The van der Waals surface area contributed by atoms with E-state index in [4.69, 9.17) is 4.74 Å². The van der Waals surface area contributed by atoms with Crippen LogP contribution in [0.1, 0.15) is 43.4 Å². The lowest BCUT2D eigenvalue weighted by atomic mass is 9.84. The summed E-state index contributed by atoms with van der Waals surface area (Å²) in [4.78, 5) is 2.36. The molecule has 0 amide bonds. The van der Waals surface area contributed by atoms with Crippen molar-refractivity contribution < 1.29 is 9.13 Å². The number of aryl methyl sites for hydroxylation is 1. The van der Waals surface area contributed by atoms with E-state index in [0.717, 1.165) is 42.6 Å². The minimum Gasteiger partial charge on any atom is -0.373 e. The van der Waals surface area contributed by atoms with Crippen LogP contribution in [0.2, 0.25) is 0 Å². The molecule has 0 spiro atoms. The number of halogens is 1. The average molecular weight is 355 g/mol. The SMILES string of the molecule is CCCOC(c1cccc(F)c1-c1cccc(C)c1)C1CCCN(C)C1. The van der Waals surface area contributed by atoms with Crippen LogP contribution in [0.15, 0.2) is 42.5 Å². The number of hydrogen-bond donors (Lipinski definition) is 0. The number of rotatable bonds is 6. The van der Waals surface area contributed by atoms with Crippen molar-refractivity contribution >= 4 is 0 Å². The minimum absolute atomic E-state index is 0.0658. The number of likely N-dealkylation sites (tertiary alicyclic amines) is 1. The molecule has 140 valence electrons. The van der Waals surface area contributed by atoms with Gasteiger partial charge >= 0.3 is 0 Å². The summed E-state index contributed by atoms with van der Waals surface area (Å²) in [6, 6.07) is 13.5. The fourth-order valence-corrected chi connectivity index (χ4v) is 4.06. The third-order valence-corrected chi connectivity index (χ3v) is 5.25. The first-order chi connectivity index (χ1) is 12.6. The van der Waals surface area contributed by atoms with Gasteiger partial charge in [-0.25, -0.2) is 4.39 Å². The van der Waals surface area contributed by atoms with Crippen LogP contribution in [0, 0.1) is 18.7 Å². The highest BCUT2D eigenvalue weighted by Crippen LogP contribution is 2.39. The maximum absolute atomic E-state index is 14.9. The second kappa shape index (κ2) is 8.79. The van der Waals surface area contributed by atoms with Crippen LogP contribution in [0.3, 0.4) is 0 Å². The van der Waals surface area contributed by atoms with Crippen molar-refractivity contribution in [1.29, 1.82) is 0 Å². The Morgan fingerprint density at radius 2 is 2.04 bits per heavy atom. The fourth-order valence-electron chi connectivity index (χ4n) is 4.06. The zero-order valence-corrected chi connectivity index (χ0v) is 16.2. The van der Waals surface area contributed by atoms with E-state index in [-0.39, 0.29) is 11.9 Å². The Morgan fingerprint density at radius 3 is 2.77 bits per heavy atom. The third kappa shape index (κ3) is 4.33. The number of hydrogen-bond acceptors (Lipinski definition) is 2. The first-order valence-electron chi connectivity index (χ1n) is 9.75. The Labute approximate surface area is 157 Å². The van der Waals surface area contributed by atoms with Gasteiger partial charge in [-0.3, -0.25) is 0 Å². The van der Waals surface area contributed by atoms with Gasteiger partial charge in [-0.2, -0.15) is 0 Å². The monoisotopic (exact) mass is 355 g/mol. The molecule has 0 aliphatic carbocycles. The first kappa shape index (κ1) is 19.1. The molecule has 2 aromatic carbocycles. The smallest absolute Gasteiger partial charge is 0.131 e. The zero-order valence-electron chi connectivity index (χ0n) is 16.2. The Morgan fingerprint density at radius 1 is 1.23 bits per heavy atom. The van der Waals surface area contributed by atoms with Crippen molar-refractivity contribution in [2.24, 2.45) is 5.92 Å². The second-order valence-electron chi connectivity index (χ2n) is 7.53. The lowest BCUT2D eigenvalue weighted by Crippen LogP contribution is -2.36. The van der Waals surface area contributed by atoms with Gasteiger partial charge in [0.15, 0.2) is 0 Å². The van der Waals surface area contributed by atoms with E-state index in [1.54, 1.807) is 6.07 Å². The fraction of sp³-hybridized carbons (Fsp3) is 0.478. The molecule has 2 atom stereocenters. The van der Waals surface area contributed by atoms with Crippen LogP contribution in [0.25, 0.3) is 11.1 Å². The van der Waals surface area contributed by atoms with Crippen molar-refractivity contribution in [2.75, 3.05) is 26.7 Å². The predicted octanol–water partition coefficient (Wildman–Crippen LogP) is 5.61. The van der Waals surface area contributed by atoms with Crippen LogP contribution in [-0.4, -0.2) is 31.6 Å². The maximum Gasteiger partial charge on any atom is 0.131 e. The van der Waals surface area contributed by atoms with Crippen molar-refractivity contribution in [3.8, 4) is 11.1 Å². The summed E-state index contributed by atoms with van der Waals surface area (Å²) in [6.45, 7) is 7.00. The normalized spacial score (nSPS) is 19.5. The van der Waals surface area contributed by atoms with E-state index in [2.05, 4.69) is 31.0 Å². The number of nitrogens with zero attached hydrogens (tertiary/aromatic N) is 1. The van der Waals surface area contributed by atoms with Gasteiger partial charge in [0.2, 0.25) is 0 Å². The van der Waals surface area contributed by atoms with E-state index >= 15 is 0 Å². The molecule has 1 aliphatic heterocycles. The highest BCUT2D eigenvalue weighted by Gasteiger charge is 2.30. The number of piperidine rings is 1. The molecule has 3 heteroatoms. The molecule has 3 rings (SSSR count). The quantitative estimate of drug-likeness (QED) is 0.668. The van der Waals surface area contributed by atoms with Crippen LogP contribution in [0.4, 0.5) is 4.39 Å². The van der Waals surface area contributed by atoms with Gasteiger partial charge < -0.3 is 9.64 Å². The molecular weight excluding hydrogens is 325 g/mol. The van der Waals surface area contributed by atoms with Gasteiger partial charge in [0.25, 0.3) is 0 Å². The summed E-state index contributed by atoms with van der Waals surface area (Å²) in [5.74, 6) is 0.230. The molecule has 0 saturated carbocycles. The molecule has 1 aliphatic rings. The summed E-state index contributed by atoms with van der Waals surface area (Å²) in [5, 5.41) is 0. The number of benzene rings is 2. The molecule has 1 saturated heterocycles. The molecule has 26 heavy (non-hydrogen) atoms. The van der Waals surface area contributed by atoms with Crippen LogP contribution < -0.4 is 0 Å². The van der Waals surface area contributed by atoms with Crippen LogP contribution in [0.5, 0.6) is 0 Å². The molecule has 0 aromatic heterocycles. The van der Waals surface area contributed by atoms with Crippen molar-refractivity contribution in [3.63, 3.8) is 0 Å². The van der Waals surface area contributed by atoms with Crippen molar-refractivity contribution in [1.82, 2.24) is 4.90 Å². The highest BCUT2D eigenvalue weighted by atomic mass is 19.1.